The number of Topliss-reactive ketones (excluding diaryl/α,β-unsaturated/α-hetero) is 1. The lowest BCUT2D eigenvalue weighted by Gasteiger charge is -2.30. The summed E-state index contributed by atoms with van der Waals surface area (Å²) in [7, 11) is 0. The lowest BCUT2D eigenvalue weighted by atomic mass is 9.91. The van der Waals surface area contributed by atoms with Crippen LogP contribution < -0.4 is 11.2 Å². The fourth-order valence-corrected chi connectivity index (χ4v) is 6.67. The van der Waals surface area contributed by atoms with Gasteiger partial charge in [-0.05, 0) is 57.7 Å². The number of ketones is 1. The maximum Gasteiger partial charge on any atom is 0.333 e. The minimum absolute atomic E-state index is 0.0158. The first-order valence-electron chi connectivity index (χ1n) is 14.3. The lowest BCUT2D eigenvalue weighted by Crippen LogP contribution is -2.53. The number of hydrogen-bond acceptors (Lipinski definition) is 9. The summed E-state index contributed by atoms with van der Waals surface area (Å²) in [6.07, 6.45) is 3.13. The van der Waals surface area contributed by atoms with Crippen molar-refractivity contribution in [3.63, 3.8) is 0 Å². The van der Waals surface area contributed by atoms with E-state index in [2.05, 4.69) is 10.2 Å². The van der Waals surface area contributed by atoms with Crippen molar-refractivity contribution in [2.45, 2.75) is 78.2 Å². The molecule has 0 saturated carbocycles. The van der Waals surface area contributed by atoms with Crippen LogP contribution in [0.15, 0.2) is 40.2 Å². The molecule has 0 bridgehead atoms. The van der Waals surface area contributed by atoms with Crippen molar-refractivity contribution in [3.05, 3.63) is 68.4 Å². The Bertz CT molecular complexity index is 1750. The molecule has 5 rings (SSSR count). The molecule has 43 heavy (non-hydrogen) atoms. The molecule has 1 atom stereocenters. The molecule has 0 aliphatic carbocycles. The van der Waals surface area contributed by atoms with Crippen LogP contribution in [0.2, 0.25) is 0 Å². The van der Waals surface area contributed by atoms with Crippen molar-refractivity contribution in [3.8, 4) is 10.8 Å². The van der Waals surface area contributed by atoms with Gasteiger partial charge in [-0.25, -0.2) is 13.8 Å². The first-order valence-corrected chi connectivity index (χ1v) is 15.1. The molecule has 1 fully saturated rings. The molecule has 1 aliphatic rings. The average molecular weight is 614 g/mol. The first-order chi connectivity index (χ1) is 20.4. The van der Waals surface area contributed by atoms with Crippen LogP contribution in [0.25, 0.3) is 15.2 Å². The average Bonchev–Trinajstić information content (AvgIpc) is 3.60. The van der Waals surface area contributed by atoms with Gasteiger partial charge in [-0.15, -0.1) is 4.80 Å². The summed E-state index contributed by atoms with van der Waals surface area (Å²) in [4.78, 5) is 43.7. The molecule has 1 aromatic carbocycles. The van der Waals surface area contributed by atoms with E-state index < -0.39 is 28.7 Å². The van der Waals surface area contributed by atoms with E-state index in [1.165, 1.54) is 33.9 Å². The molecule has 0 amide bonds. The smallest absolute Gasteiger partial charge is 0.333 e. The lowest BCUT2D eigenvalue weighted by molar-refractivity contribution is -0.127. The minimum atomic E-state index is -1.47. The number of fused-ring (bicyclic) bond motifs is 1. The molecular weight excluding hydrogens is 577 g/mol. The molecular formula is C30H36FN5O6S. The molecule has 230 valence electrons. The summed E-state index contributed by atoms with van der Waals surface area (Å²) in [6, 6.07) is 3.57. The number of thiophene rings is 1. The number of phenols is 1. The van der Waals surface area contributed by atoms with Crippen LogP contribution >= 0.6 is 11.3 Å². The Labute approximate surface area is 251 Å². The fourth-order valence-electron chi connectivity index (χ4n) is 5.45. The van der Waals surface area contributed by atoms with Gasteiger partial charge in [-0.3, -0.25) is 14.2 Å². The van der Waals surface area contributed by atoms with E-state index in [4.69, 9.17) is 9.47 Å². The van der Waals surface area contributed by atoms with Crippen LogP contribution in [0.5, 0.6) is 5.75 Å². The van der Waals surface area contributed by atoms with Crippen LogP contribution in [0, 0.1) is 18.7 Å². The van der Waals surface area contributed by atoms with Gasteiger partial charge in [0.2, 0.25) is 0 Å². The van der Waals surface area contributed by atoms with Crippen molar-refractivity contribution in [1.82, 2.24) is 24.1 Å². The number of carbonyl (C=O) groups excluding carboxylic acids is 1. The van der Waals surface area contributed by atoms with Crippen LogP contribution in [0.3, 0.4) is 0 Å². The number of hydrogen-bond donors (Lipinski definition) is 1. The summed E-state index contributed by atoms with van der Waals surface area (Å²) in [5.74, 6) is -1.00. The van der Waals surface area contributed by atoms with Gasteiger partial charge in [0, 0.05) is 30.8 Å². The number of aromatic nitrogens is 5. The Kier molecular flexibility index (Phi) is 8.68. The Morgan fingerprint density at radius 3 is 2.53 bits per heavy atom. The third kappa shape index (κ3) is 5.93. The van der Waals surface area contributed by atoms with E-state index in [0.29, 0.717) is 41.5 Å². The van der Waals surface area contributed by atoms with Gasteiger partial charge in [-0.2, -0.15) is 10.2 Å². The zero-order valence-electron chi connectivity index (χ0n) is 24.9. The molecule has 4 aromatic rings. The Morgan fingerprint density at radius 2 is 1.88 bits per heavy atom. The second-order valence-electron chi connectivity index (χ2n) is 11.8. The third-order valence-electron chi connectivity index (χ3n) is 7.83. The van der Waals surface area contributed by atoms with Crippen molar-refractivity contribution in [2.24, 2.45) is 5.92 Å². The van der Waals surface area contributed by atoms with Gasteiger partial charge >= 0.3 is 5.69 Å². The zero-order chi connectivity index (χ0) is 31.1. The summed E-state index contributed by atoms with van der Waals surface area (Å²) in [5.41, 5.74) is -2.06. The number of nitrogens with zero attached hydrogens (tertiary/aromatic N) is 5. The van der Waals surface area contributed by atoms with Crippen LogP contribution in [-0.2, 0) is 26.4 Å². The van der Waals surface area contributed by atoms with Gasteiger partial charge < -0.3 is 14.6 Å². The van der Waals surface area contributed by atoms with E-state index in [-0.39, 0.29) is 47.5 Å². The zero-order valence-corrected chi connectivity index (χ0v) is 25.7. The SMILES string of the molecule is Cc1c(-n2nccn2)sc2c1c(=O)n(C(C)(C)C(=O)CC(C)C)c(=O)n2C[C@H](OC1CCOCC1)c1cc(F)ccc1O. The predicted molar refractivity (Wildman–Crippen MR) is 160 cm³/mol. The van der Waals surface area contributed by atoms with Gasteiger partial charge in [0.25, 0.3) is 5.56 Å². The number of phenolic OH excluding ortho intramolecular Hbond substituents is 1. The Hall–Kier alpha value is -3.68. The van der Waals surface area contributed by atoms with E-state index in [1.807, 2.05) is 13.8 Å². The molecule has 0 unspecified atom stereocenters. The number of carbonyl (C=O) groups is 1. The van der Waals surface area contributed by atoms with Crippen molar-refractivity contribution in [2.75, 3.05) is 13.2 Å². The summed E-state index contributed by atoms with van der Waals surface area (Å²) < 4.78 is 28.8. The molecule has 11 nitrogen and oxygen atoms in total. The number of rotatable bonds is 10. The molecule has 1 aliphatic heterocycles. The van der Waals surface area contributed by atoms with Gasteiger partial charge in [0.1, 0.15) is 33.0 Å². The largest absolute Gasteiger partial charge is 0.508 e. The monoisotopic (exact) mass is 613 g/mol. The molecule has 4 heterocycles. The van der Waals surface area contributed by atoms with Gasteiger partial charge in [0.15, 0.2) is 5.78 Å². The van der Waals surface area contributed by atoms with Gasteiger partial charge in [-0.1, -0.05) is 25.2 Å². The number of benzene rings is 1. The van der Waals surface area contributed by atoms with Crippen molar-refractivity contribution in [1.29, 1.82) is 0 Å². The van der Waals surface area contributed by atoms with Crippen molar-refractivity contribution < 1.29 is 23.8 Å². The first kappa shape index (κ1) is 30.8. The summed E-state index contributed by atoms with van der Waals surface area (Å²) >= 11 is 1.16. The molecule has 13 heteroatoms. The number of aryl methyl sites for hydroxylation is 1. The minimum Gasteiger partial charge on any atom is -0.508 e. The highest BCUT2D eigenvalue weighted by atomic mass is 32.1. The normalized spacial score (nSPS) is 15.4. The Balaban J connectivity index is 1.76. The van der Waals surface area contributed by atoms with E-state index in [1.54, 1.807) is 20.8 Å². The van der Waals surface area contributed by atoms with Gasteiger partial charge in [0.05, 0.1) is 30.4 Å². The maximum absolute atomic E-state index is 14.5. The van der Waals surface area contributed by atoms with Crippen LogP contribution in [-0.4, -0.2) is 54.3 Å². The Morgan fingerprint density at radius 1 is 1.21 bits per heavy atom. The molecule has 1 N–H and O–H groups in total. The molecule has 0 spiro atoms. The highest BCUT2D eigenvalue weighted by molar-refractivity contribution is 7.21. The van der Waals surface area contributed by atoms with Crippen LogP contribution in [0.1, 0.15) is 64.2 Å². The third-order valence-corrected chi connectivity index (χ3v) is 9.11. The standard InChI is InChI=1S/C30H36FN5O6S/c1-17(2)14-24(38)30(4,5)35-26(39)25-18(3)27(36-32-10-11-33-36)43-28(25)34(29(35)40)16-23(42-20-8-12-41-13-9-20)21-15-19(31)6-7-22(21)37/h6-7,10-11,15,17,20,23,37H,8-9,12-14,16H2,1-5H3/t23-/m0/s1. The van der Waals surface area contributed by atoms with E-state index >= 15 is 0 Å². The summed E-state index contributed by atoms with van der Waals surface area (Å²) in [6.45, 7) is 9.49. The second kappa shape index (κ2) is 12.1. The highest BCUT2D eigenvalue weighted by Crippen LogP contribution is 2.35. The van der Waals surface area contributed by atoms with Crippen molar-refractivity contribution >= 4 is 27.3 Å². The quantitative estimate of drug-likeness (QED) is 0.281. The van der Waals surface area contributed by atoms with Crippen LogP contribution in [0.4, 0.5) is 4.39 Å². The molecule has 0 radical (unpaired) electrons. The topological polar surface area (TPSA) is 130 Å². The predicted octanol–water partition coefficient (Wildman–Crippen LogP) is 4.25. The fraction of sp³-hybridized carbons (Fsp3) is 0.500. The summed E-state index contributed by atoms with van der Waals surface area (Å²) in [5, 5.41) is 20.0. The number of ether oxygens (including phenoxy) is 2. The second-order valence-corrected chi connectivity index (χ2v) is 12.8. The number of aromatic hydroxyl groups is 1. The number of halogens is 1. The highest BCUT2D eigenvalue weighted by Gasteiger charge is 2.36. The van der Waals surface area contributed by atoms with E-state index in [0.717, 1.165) is 22.0 Å². The molecule has 1 saturated heterocycles. The maximum atomic E-state index is 14.5. The molecule has 3 aromatic heterocycles. The van der Waals surface area contributed by atoms with E-state index in [9.17, 15) is 23.9 Å².